The number of hydrogen-bond acceptors (Lipinski definition) is 1. The van der Waals surface area contributed by atoms with Crippen LogP contribution in [0.5, 0.6) is 0 Å². The second-order valence-corrected chi connectivity index (χ2v) is 3.52. The van der Waals surface area contributed by atoms with Crippen LogP contribution in [0.3, 0.4) is 0 Å². The molecule has 0 bridgehead atoms. The first kappa shape index (κ1) is 10.3. The van der Waals surface area contributed by atoms with E-state index in [0.29, 0.717) is 0 Å². The number of piperidine rings is 1. The van der Waals surface area contributed by atoms with Gasteiger partial charge in [-0.05, 0) is 31.5 Å². The molecule has 1 heteroatoms. The summed E-state index contributed by atoms with van der Waals surface area (Å²) in [7, 11) is 0. The summed E-state index contributed by atoms with van der Waals surface area (Å²) in [4.78, 5) is 2.49. The van der Waals surface area contributed by atoms with Gasteiger partial charge in [0.25, 0.3) is 0 Å². The van der Waals surface area contributed by atoms with E-state index >= 15 is 0 Å². The van der Waals surface area contributed by atoms with Gasteiger partial charge in [0.1, 0.15) is 0 Å². The van der Waals surface area contributed by atoms with Gasteiger partial charge in [0.05, 0.1) is 0 Å². The van der Waals surface area contributed by atoms with Crippen LogP contribution in [-0.4, -0.2) is 24.5 Å². The van der Waals surface area contributed by atoms with Crippen molar-refractivity contribution >= 4 is 0 Å². The van der Waals surface area contributed by atoms with Gasteiger partial charge in [-0.25, -0.2) is 0 Å². The molecule has 13 heavy (non-hydrogen) atoms. The average molecular weight is 177 g/mol. The Balaban J connectivity index is 2.40. The lowest BCUT2D eigenvalue weighted by Crippen LogP contribution is -2.31. The van der Waals surface area contributed by atoms with Gasteiger partial charge in [0, 0.05) is 6.54 Å². The summed E-state index contributed by atoms with van der Waals surface area (Å²) in [5.41, 5.74) is 1.27. The Kier molecular flexibility index (Phi) is 4.55. The molecule has 72 valence electrons. The van der Waals surface area contributed by atoms with Gasteiger partial charge >= 0.3 is 0 Å². The third-order valence-corrected chi connectivity index (χ3v) is 2.45. The molecule has 1 heterocycles. The number of nitrogens with zero attached hydrogens (tertiary/aromatic N) is 1. The molecule has 0 radical (unpaired) electrons. The van der Waals surface area contributed by atoms with E-state index in [1.807, 2.05) is 18.2 Å². The third-order valence-electron chi connectivity index (χ3n) is 2.45. The second kappa shape index (κ2) is 5.76. The van der Waals surface area contributed by atoms with Gasteiger partial charge in [0.2, 0.25) is 0 Å². The third kappa shape index (κ3) is 3.60. The Morgan fingerprint density at radius 1 is 1.15 bits per heavy atom. The van der Waals surface area contributed by atoms with Crippen molar-refractivity contribution in [1.82, 2.24) is 4.90 Å². The smallest absolute Gasteiger partial charge is 0.0233 e. The van der Waals surface area contributed by atoms with E-state index in [2.05, 4.69) is 18.1 Å². The molecule has 1 aliphatic heterocycles. The first-order chi connectivity index (χ1) is 6.36. The summed E-state index contributed by atoms with van der Waals surface area (Å²) in [5, 5.41) is 0. The highest BCUT2D eigenvalue weighted by Gasteiger charge is 2.09. The molecule has 0 aromatic rings. The van der Waals surface area contributed by atoms with E-state index in [4.69, 9.17) is 0 Å². The number of likely N-dealkylation sites (tertiary alicyclic amines) is 1. The molecule has 0 aliphatic carbocycles. The average Bonchev–Trinajstić information content (AvgIpc) is 2.19. The summed E-state index contributed by atoms with van der Waals surface area (Å²) in [6.45, 7) is 11.0. The normalized spacial score (nSPS) is 19.8. The van der Waals surface area contributed by atoms with Crippen molar-refractivity contribution in [2.75, 3.05) is 19.6 Å². The lowest BCUT2D eigenvalue weighted by atomic mass is 10.1. The molecule has 0 aromatic carbocycles. The van der Waals surface area contributed by atoms with Crippen molar-refractivity contribution in [1.29, 1.82) is 0 Å². The van der Waals surface area contributed by atoms with Crippen molar-refractivity contribution in [3.63, 3.8) is 0 Å². The summed E-state index contributed by atoms with van der Waals surface area (Å²) in [5.74, 6) is 0. The lowest BCUT2D eigenvalue weighted by Gasteiger charge is -2.26. The van der Waals surface area contributed by atoms with Crippen LogP contribution in [0.15, 0.2) is 37.0 Å². The first-order valence-corrected chi connectivity index (χ1v) is 5.03. The van der Waals surface area contributed by atoms with Crippen molar-refractivity contribution in [2.24, 2.45) is 0 Å². The molecule has 1 aliphatic rings. The first-order valence-electron chi connectivity index (χ1n) is 5.03. The zero-order valence-electron chi connectivity index (χ0n) is 8.34. The van der Waals surface area contributed by atoms with Crippen molar-refractivity contribution in [3.05, 3.63) is 37.0 Å². The molecule has 1 fully saturated rings. The number of rotatable bonds is 4. The molecule has 1 saturated heterocycles. The summed E-state index contributed by atoms with van der Waals surface area (Å²) in [6.07, 6.45) is 9.89. The Hall–Kier alpha value is -0.820. The Morgan fingerprint density at radius 3 is 2.38 bits per heavy atom. The zero-order chi connectivity index (χ0) is 9.52. The predicted octanol–water partition coefficient (Wildman–Crippen LogP) is 2.77. The Labute approximate surface area is 81.4 Å². The van der Waals surface area contributed by atoms with E-state index in [-0.39, 0.29) is 0 Å². The maximum absolute atomic E-state index is 3.80. The molecule has 0 spiro atoms. The lowest BCUT2D eigenvalue weighted by molar-refractivity contribution is 0.248. The molecule has 0 saturated carbocycles. The highest BCUT2D eigenvalue weighted by molar-refractivity contribution is 5.22. The van der Waals surface area contributed by atoms with Crippen LogP contribution in [0, 0.1) is 0 Å². The monoisotopic (exact) mass is 177 g/mol. The number of hydrogen-bond donors (Lipinski definition) is 0. The summed E-state index contributed by atoms with van der Waals surface area (Å²) < 4.78 is 0. The van der Waals surface area contributed by atoms with Crippen LogP contribution in [0.2, 0.25) is 0 Å². The minimum atomic E-state index is 1.04. The van der Waals surface area contributed by atoms with E-state index < -0.39 is 0 Å². The fourth-order valence-electron chi connectivity index (χ4n) is 1.71. The van der Waals surface area contributed by atoms with E-state index in [1.54, 1.807) is 0 Å². The van der Waals surface area contributed by atoms with E-state index in [9.17, 15) is 0 Å². The molecule has 0 aromatic heterocycles. The van der Waals surface area contributed by atoms with E-state index in [1.165, 1.54) is 37.9 Å². The quantitative estimate of drug-likeness (QED) is 0.597. The SMILES string of the molecule is C=CC=C(C=C)CN1CCCCC1. The van der Waals surface area contributed by atoms with E-state index in [0.717, 1.165) is 6.54 Å². The fourth-order valence-corrected chi connectivity index (χ4v) is 1.71. The molecular formula is C12H19N. The largest absolute Gasteiger partial charge is 0.299 e. The van der Waals surface area contributed by atoms with Crippen molar-refractivity contribution < 1.29 is 0 Å². The van der Waals surface area contributed by atoms with Crippen LogP contribution in [-0.2, 0) is 0 Å². The van der Waals surface area contributed by atoms with Gasteiger partial charge in [-0.3, -0.25) is 4.90 Å². The molecule has 0 atom stereocenters. The predicted molar refractivity (Wildman–Crippen MR) is 58.8 cm³/mol. The highest BCUT2D eigenvalue weighted by Crippen LogP contribution is 2.10. The topological polar surface area (TPSA) is 3.24 Å². The molecule has 1 nitrogen and oxygen atoms in total. The van der Waals surface area contributed by atoms with Crippen LogP contribution >= 0.6 is 0 Å². The maximum Gasteiger partial charge on any atom is 0.0233 e. The van der Waals surface area contributed by atoms with Gasteiger partial charge < -0.3 is 0 Å². The van der Waals surface area contributed by atoms with Crippen LogP contribution < -0.4 is 0 Å². The molecule has 0 amide bonds. The van der Waals surface area contributed by atoms with Crippen molar-refractivity contribution in [2.45, 2.75) is 19.3 Å². The summed E-state index contributed by atoms with van der Waals surface area (Å²) >= 11 is 0. The molecular weight excluding hydrogens is 158 g/mol. The second-order valence-electron chi connectivity index (χ2n) is 3.52. The van der Waals surface area contributed by atoms with Crippen molar-refractivity contribution in [3.8, 4) is 0 Å². The fraction of sp³-hybridized carbons (Fsp3) is 0.500. The van der Waals surface area contributed by atoms with Gasteiger partial charge in [-0.15, -0.1) is 0 Å². The van der Waals surface area contributed by atoms with Crippen LogP contribution in [0.25, 0.3) is 0 Å². The molecule has 1 rings (SSSR count). The zero-order valence-corrected chi connectivity index (χ0v) is 8.34. The minimum absolute atomic E-state index is 1.04. The highest BCUT2D eigenvalue weighted by atomic mass is 15.1. The van der Waals surface area contributed by atoms with Gasteiger partial charge in [-0.1, -0.05) is 37.8 Å². The maximum atomic E-state index is 3.80. The molecule has 0 N–H and O–H groups in total. The Morgan fingerprint density at radius 2 is 1.85 bits per heavy atom. The van der Waals surface area contributed by atoms with Gasteiger partial charge in [-0.2, -0.15) is 0 Å². The van der Waals surface area contributed by atoms with Crippen LogP contribution in [0.4, 0.5) is 0 Å². The number of allylic oxidation sites excluding steroid dienone is 2. The standard InChI is InChI=1S/C12H19N/c1-3-8-12(4-2)11-13-9-6-5-7-10-13/h3-4,8H,1-2,5-7,9-11H2. The molecule has 0 unspecified atom stereocenters. The summed E-state index contributed by atoms with van der Waals surface area (Å²) in [6, 6.07) is 0. The Bertz CT molecular complexity index is 197. The van der Waals surface area contributed by atoms with Crippen LogP contribution in [0.1, 0.15) is 19.3 Å². The minimum Gasteiger partial charge on any atom is -0.299 e. The van der Waals surface area contributed by atoms with Gasteiger partial charge in [0.15, 0.2) is 0 Å².